The van der Waals surface area contributed by atoms with E-state index in [9.17, 15) is 9.59 Å². The van der Waals surface area contributed by atoms with Crippen LogP contribution in [0.3, 0.4) is 0 Å². The normalized spacial score (nSPS) is 11.4. The molecule has 2 amide bonds. The minimum absolute atomic E-state index is 0.0649. The third kappa shape index (κ3) is 6.71. The van der Waals surface area contributed by atoms with E-state index in [4.69, 9.17) is 14.2 Å². The SMILES string of the molecule is COc1cccc(-c2nnc(NC(=O)CCN(C(=O)c3ccc(OC)cc3OC)[C@@H](C)c3ccccc3)s2)c1. The molecular weight excluding hydrogens is 516 g/mol. The molecule has 0 fully saturated rings. The van der Waals surface area contributed by atoms with E-state index < -0.39 is 0 Å². The van der Waals surface area contributed by atoms with Crippen LogP contribution in [0.4, 0.5) is 5.13 Å². The summed E-state index contributed by atoms with van der Waals surface area (Å²) in [5, 5.41) is 12.1. The molecule has 0 spiro atoms. The molecule has 1 aromatic heterocycles. The summed E-state index contributed by atoms with van der Waals surface area (Å²) in [4.78, 5) is 28.3. The summed E-state index contributed by atoms with van der Waals surface area (Å²) in [5.41, 5.74) is 2.17. The second-order valence-corrected chi connectivity index (χ2v) is 9.57. The number of amides is 2. The molecule has 0 saturated carbocycles. The number of benzene rings is 3. The van der Waals surface area contributed by atoms with E-state index in [1.807, 2.05) is 61.5 Å². The van der Waals surface area contributed by atoms with Gasteiger partial charge in [0, 0.05) is 24.6 Å². The maximum absolute atomic E-state index is 13.8. The van der Waals surface area contributed by atoms with Gasteiger partial charge in [-0.25, -0.2) is 0 Å². The molecule has 1 atom stereocenters. The quantitative estimate of drug-likeness (QED) is 0.266. The highest BCUT2D eigenvalue weighted by molar-refractivity contribution is 7.18. The minimum Gasteiger partial charge on any atom is -0.497 e. The lowest BCUT2D eigenvalue weighted by atomic mass is 10.0. The predicted molar refractivity (Wildman–Crippen MR) is 151 cm³/mol. The molecule has 0 radical (unpaired) electrons. The van der Waals surface area contributed by atoms with E-state index in [0.717, 1.165) is 11.1 Å². The fourth-order valence-corrected chi connectivity index (χ4v) is 4.82. The Bertz CT molecular complexity index is 1430. The summed E-state index contributed by atoms with van der Waals surface area (Å²) in [6.45, 7) is 2.11. The van der Waals surface area contributed by atoms with Crippen molar-refractivity contribution < 1.29 is 23.8 Å². The molecule has 202 valence electrons. The monoisotopic (exact) mass is 546 g/mol. The number of aromatic nitrogens is 2. The number of hydrogen-bond donors (Lipinski definition) is 1. The van der Waals surface area contributed by atoms with Gasteiger partial charge in [0.25, 0.3) is 5.91 Å². The van der Waals surface area contributed by atoms with E-state index >= 15 is 0 Å². The maximum atomic E-state index is 13.8. The van der Waals surface area contributed by atoms with Gasteiger partial charge in [0.2, 0.25) is 11.0 Å². The molecule has 9 nitrogen and oxygen atoms in total. The lowest BCUT2D eigenvalue weighted by Gasteiger charge is -2.30. The van der Waals surface area contributed by atoms with Gasteiger partial charge in [-0.2, -0.15) is 0 Å². The number of carbonyl (C=O) groups is 2. The number of hydrogen-bond acceptors (Lipinski definition) is 8. The summed E-state index contributed by atoms with van der Waals surface area (Å²) in [6.07, 6.45) is 0.0649. The van der Waals surface area contributed by atoms with Gasteiger partial charge in [0.05, 0.1) is 32.9 Å². The zero-order chi connectivity index (χ0) is 27.8. The molecule has 4 aromatic rings. The van der Waals surface area contributed by atoms with Gasteiger partial charge < -0.3 is 24.4 Å². The van der Waals surface area contributed by atoms with Crippen LogP contribution < -0.4 is 19.5 Å². The smallest absolute Gasteiger partial charge is 0.258 e. The minimum atomic E-state index is -0.292. The third-order valence-corrected chi connectivity index (χ3v) is 7.11. The standard InChI is InChI=1S/C29H30N4O5S/c1-19(20-9-6-5-7-10-20)33(28(35)24-14-13-23(37-3)18-25(24)38-4)16-15-26(34)30-29-32-31-27(39-29)21-11-8-12-22(17-21)36-2/h5-14,17-19H,15-16H2,1-4H3,(H,30,32,34)/t19-/m0/s1. The molecule has 4 rings (SSSR count). The number of anilines is 1. The van der Waals surface area contributed by atoms with E-state index in [1.165, 1.54) is 18.4 Å². The van der Waals surface area contributed by atoms with Gasteiger partial charge in [-0.1, -0.05) is 53.8 Å². The fourth-order valence-electron chi connectivity index (χ4n) is 4.06. The fraction of sp³-hybridized carbons (Fsp3) is 0.241. The Morgan fingerprint density at radius 3 is 2.36 bits per heavy atom. The van der Waals surface area contributed by atoms with E-state index in [2.05, 4.69) is 15.5 Å². The molecule has 0 aliphatic rings. The molecule has 0 bridgehead atoms. The second kappa shape index (κ2) is 12.9. The van der Waals surface area contributed by atoms with E-state index in [1.54, 1.807) is 37.3 Å². The van der Waals surface area contributed by atoms with Crippen molar-refractivity contribution in [2.24, 2.45) is 0 Å². The molecule has 10 heteroatoms. The van der Waals surface area contributed by atoms with Crippen LogP contribution in [-0.4, -0.2) is 54.8 Å². The molecule has 0 aliphatic heterocycles. The summed E-state index contributed by atoms with van der Waals surface area (Å²) >= 11 is 1.26. The van der Waals surface area contributed by atoms with E-state index in [-0.39, 0.29) is 30.8 Å². The lowest BCUT2D eigenvalue weighted by molar-refractivity contribution is -0.116. The molecule has 1 heterocycles. The van der Waals surface area contributed by atoms with Crippen LogP contribution in [0.5, 0.6) is 17.2 Å². The third-order valence-electron chi connectivity index (χ3n) is 6.22. The first kappa shape index (κ1) is 27.6. The number of ether oxygens (including phenoxy) is 3. The van der Waals surface area contributed by atoms with Crippen LogP contribution in [0.25, 0.3) is 10.6 Å². The van der Waals surface area contributed by atoms with Gasteiger partial charge in [-0.3, -0.25) is 9.59 Å². The highest BCUT2D eigenvalue weighted by atomic mass is 32.1. The van der Waals surface area contributed by atoms with Crippen molar-refractivity contribution >= 4 is 28.3 Å². The van der Waals surface area contributed by atoms with Gasteiger partial charge in [-0.15, -0.1) is 10.2 Å². The molecular formula is C29H30N4O5S. The van der Waals surface area contributed by atoms with Crippen LogP contribution in [0.2, 0.25) is 0 Å². The topological polar surface area (TPSA) is 103 Å². The average molecular weight is 547 g/mol. The zero-order valence-electron chi connectivity index (χ0n) is 22.2. The number of nitrogens with zero attached hydrogens (tertiary/aromatic N) is 3. The Hall–Kier alpha value is -4.44. The summed E-state index contributed by atoms with van der Waals surface area (Å²) in [7, 11) is 4.66. The predicted octanol–water partition coefficient (Wildman–Crippen LogP) is 5.46. The Kier molecular flexibility index (Phi) is 9.11. The molecule has 3 aromatic carbocycles. The molecule has 1 N–H and O–H groups in total. The van der Waals surface area contributed by atoms with Gasteiger partial charge in [-0.05, 0) is 36.8 Å². The summed E-state index contributed by atoms with van der Waals surface area (Å²) < 4.78 is 16.0. The van der Waals surface area contributed by atoms with Crippen molar-refractivity contribution in [3.63, 3.8) is 0 Å². The number of methoxy groups -OCH3 is 3. The van der Waals surface area contributed by atoms with Gasteiger partial charge >= 0.3 is 0 Å². The van der Waals surface area contributed by atoms with Crippen molar-refractivity contribution in [3.8, 4) is 27.8 Å². The Morgan fingerprint density at radius 1 is 0.897 bits per heavy atom. The van der Waals surface area contributed by atoms with Crippen molar-refractivity contribution in [2.75, 3.05) is 33.2 Å². The van der Waals surface area contributed by atoms with E-state index in [0.29, 0.717) is 33.0 Å². The number of nitrogens with one attached hydrogen (secondary N) is 1. The van der Waals surface area contributed by atoms with Gasteiger partial charge in [0.1, 0.15) is 22.3 Å². The molecule has 0 aliphatic carbocycles. The Balaban J connectivity index is 1.50. The van der Waals surface area contributed by atoms with Crippen LogP contribution in [0.15, 0.2) is 72.8 Å². The van der Waals surface area contributed by atoms with Crippen molar-refractivity contribution in [3.05, 3.63) is 83.9 Å². The maximum Gasteiger partial charge on any atom is 0.258 e. The number of rotatable bonds is 11. The van der Waals surface area contributed by atoms with Crippen LogP contribution >= 0.6 is 11.3 Å². The average Bonchev–Trinajstić information content (AvgIpc) is 3.45. The molecule has 0 unspecified atom stereocenters. The molecule has 0 saturated heterocycles. The van der Waals surface area contributed by atoms with Gasteiger partial charge in [0.15, 0.2) is 0 Å². The summed E-state index contributed by atoms with van der Waals surface area (Å²) in [5.74, 6) is 1.15. The first-order valence-electron chi connectivity index (χ1n) is 12.3. The lowest BCUT2D eigenvalue weighted by Crippen LogP contribution is -2.36. The largest absolute Gasteiger partial charge is 0.497 e. The Labute approximate surface area is 231 Å². The second-order valence-electron chi connectivity index (χ2n) is 8.59. The van der Waals surface area contributed by atoms with Crippen LogP contribution in [-0.2, 0) is 4.79 Å². The first-order valence-corrected chi connectivity index (χ1v) is 13.1. The van der Waals surface area contributed by atoms with Crippen LogP contribution in [0, 0.1) is 0 Å². The van der Waals surface area contributed by atoms with Crippen molar-refractivity contribution in [1.29, 1.82) is 0 Å². The zero-order valence-corrected chi connectivity index (χ0v) is 23.0. The summed E-state index contributed by atoms with van der Waals surface area (Å²) in [6, 6.07) is 21.9. The van der Waals surface area contributed by atoms with Crippen molar-refractivity contribution in [2.45, 2.75) is 19.4 Å². The Morgan fingerprint density at radius 2 is 1.64 bits per heavy atom. The number of carbonyl (C=O) groups excluding carboxylic acids is 2. The van der Waals surface area contributed by atoms with Crippen LogP contribution in [0.1, 0.15) is 35.3 Å². The van der Waals surface area contributed by atoms with Crippen molar-refractivity contribution in [1.82, 2.24) is 15.1 Å². The molecule has 39 heavy (non-hydrogen) atoms. The highest BCUT2D eigenvalue weighted by Crippen LogP contribution is 2.31. The first-order chi connectivity index (χ1) is 18.9. The highest BCUT2D eigenvalue weighted by Gasteiger charge is 2.26.